The van der Waals surface area contributed by atoms with Crippen LogP contribution < -0.4 is 9.80 Å². The first kappa shape index (κ1) is 19.3. The molecule has 27 heavy (non-hydrogen) atoms. The molecule has 0 aliphatic carbocycles. The number of aromatic nitrogens is 4. The Labute approximate surface area is 155 Å². The smallest absolute Gasteiger partial charge is 0.347 e. The minimum atomic E-state index is -4.47. The minimum absolute atomic E-state index is 0.139. The van der Waals surface area contributed by atoms with Gasteiger partial charge in [-0.05, 0) is 13.0 Å². The summed E-state index contributed by atoms with van der Waals surface area (Å²) in [6.45, 7) is 4.79. The van der Waals surface area contributed by atoms with Gasteiger partial charge in [-0.1, -0.05) is 0 Å². The molecule has 0 aromatic carbocycles. The second kappa shape index (κ2) is 7.63. The van der Waals surface area contributed by atoms with Crippen molar-refractivity contribution < 1.29 is 13.2 Å². The lowest BCUT2D eigenvalue weighted by molar-refractivity contribution is -0.141. The molecule has 0 radical (unpaired) electrons. The van der Waals surface area contributed by atoms with E-state index in [2.05, 4.69) is 24.8 Å². The normalized spacial score (nSPS) is 15.9. The van der Waals surface area contributed by atoms with Crippen molar-refractivity contribution in [2.75, 3.05) is 50.1 Å². The predicted octanol–water partition coefficient (Wildman–Crippen LogP) is 1.98. The fourth-order valence-electron chi connectivity index (χ4n) is 2.86. The molecule has 3 rings (SSSR count). The summed E-state index contributed by atoms with van der Waals surface area (Å²) in [5.41, 5.74) is 0.415. The predicted molar refractivity (Wildman–Crippen MR) is 95.6 cm³/mol. The maximum absolute atomic E-state index is 13.0. The maximum atomic E-state index is 13.0. The van der Waals surface area contributed by atoms with Gasteiger partial charge in [0.25, 0.3) is 0 Å². The zero-order valence-electron chi connectivity index (χ0n) is 15.5. The average molecular weight is 381 g/mol. The van der Waals surface area contributed by atoms with Gasteiger partial charge in [-0.2, -0.15) is 13.2 Å². The highest BCUT2D eigenvalue weighted by Crippen LogP contribution is 2.29. The second-order valence-electron chi connectivity index (χ2n) is 6.74. The van der Waals surface area contributed by atoms with Crippen LogP contribution in [0.1, 0.15) is 17.0 Å². The molecule has 0 amide bonds. The number of anilines is 2. The second-order valence-corrected chi connectivity index (χ2v) is 6.74. The lowest BCUT2D eigenvalue weighted by Crippen LogP contribution is -2.46. The maximum Gasteiger partial charge on any atom is 0.433 e. The third-order valence-corrected chi connectivity index (χ3v) is 4.29. The van der Waals surface area contributed by atoms with Crippen molar-refractivity contribution in [3.63, 3.8) is 0 Å². The number of hydrogen-bond donors (Lipinski definition) is 0. The van der Waals surface area contributed by atoms with Crippen LogP contribution in [-0.4, -0.2) is 65.1 Å². The van der Waals surface area contributed by atoms with Gasteiger partial charge in [-0.15, -0.1) is 0 Å². The molecule has 0 atom stereocenters. The Morgan fingerprint density at radius 2 is 1.67 bits per heavy atom. The molecule has 2 aromatic heterocycles. The molecule has 2 aromatic rings. The van der Waals surface area contributed by atoms with Gasteiger partial charge >= 0.3 is 6.18 Å². The summed E-state index contributed by atoms with van der Waals surface area (Å²) < 4.78 is 38.9. The van der Waals surface area contributed by atoms with E-state index >= 15 is 0 Å². The molecule has 0 unspecified atom stereocenters. The molecule has 7 nitrogen and oxygen atoms in total. The molecule has 0 spiro atoms. The van der Waals surface area contributed by atoms with E-state index in [9.17, 15) is 13.2 Å². The fraction of sp³-hybridized carbons (Fsp3) is 0.529. The first-order valence-corrected chi connectivity index (χ1v) is 8.61. The summed E-state index contributed by atoms with van der Waals surface area (Å²) in [5.74, 6) is 0.793. The lowest BCUT2D eigenvalue weighted by Gasteiger charge is -2.34. The Hall–Kier alpha value is -2.49. The van der Waals surface area contributed by atoms with Crippen LogP contribution in [0.3, 0.4) is 0 Å². The SMILES string of the molecule is Cc1cc(C(F)(F)F)nc(N2CCN(Cc3cnc(N(C)C)nc3)CC2)n1. The number of halogens is 3. The third-order valence-electron chi connectivity index (χ3n) is 4.29. The molecule has 0 bridgehead atoms. The molecule has 1 aliphatic rings. The van der Waals surface area contributed by atoms with Crippen LogP contribution in [0.5, 0.6) is 0 Å². The van der Waals surface area contributed by atoms with Crippen LogP contribution >= 0.6 is 0 Å². The Kier molecular flexibility index (Phi) is 5.45. The summed E-state index contributed by atoms with van der Waals surface area (Å²) in [6.07, 6.45) is -0.870. The van der Waals surface area contributed by atoms with E-state index in [0.717, 1.165) is 11.6 Å². The topological polar surface area (TPSA) is 61.3 Å². The molecule has 0 N–H and O–H groups in total. The van der Waals surface area contributed by atoms with Gasteiger partial charge in [0, 0.05) is 70.5 Å². The van der Waals surface area contributed by atoms with Gasteiger partial charge < -0.3 is 9.80 Å². The van der Waals surface area contributed by atoms with Crippen LogP contribution in [0, 0.1) is 6.92 Å². The Balaban J connectivity index is 1.61. The number of rotatable bonds is 4. The van der Waals surface area contributed by atoms with Crippen molar-refractivity contribution in [3.05, 3.63) is 35.4 Å². The molecule has 1 aliphatic heterocycles. The van der Waals surface area contributed by atoms with Crippen LogP contribution in [0.25, 0.3) is 0 Å². The zero-order chi connectivity index (χ0) is 19.6. The molecule has 1 fully saturated rings. The van der Waals surface area contributed by atoms with Crippen molar-refractivity contribution in [3.8, 4) is 0 Å². The standard InChI is InChI=1S/C17H22F3N7/c1-12-8-14(17(18,19)20)24-16(23-12)27-6-4-26(5-7-27)11-13-9-21-15(22-10-13)25(2)3/h8-10H,4-7,11H2,1-3H3. The third kappa shape index (κ3) is 4.82. The summed E-state index contributed by atoms with van der Waals surface area (Å²) in [4.78, 5) is 22.3. The number of alkyl halides is 3. The van der Waals surface area contributed by atoms with Gasteiger partial charge in [0.15, 0.2) is 0 Å². The highest BCUT2D eigenvalue weighted by Gasteiger charge is 2.34. The summed E-state index contributed by atoms with van der Waals surface area (Å²) in [6, 6.07) is 0.969. The van der Waals surface area contributed by atoms with E-state index in [-0.39, 0.29) is 5.95 Å². The molecule has 146 valence electrons. The zero-order valence-corrected chi connectivity index (χ0v) is 15.5. The van der Waals surface area contributed by atoms with E-state index in [4.69, 9.17) is 0 Å². The minimum Gasteiger partial charge on any atom is -0.347 e. The fourth-order valence-corrected chi connectivity index (χ4v) is 2.86. The van der Waals surface area contributed by atoms with Crippen molar-refractivity contribution in [1.82, 2.24) is 24.8 Å². The van der Waals surface area contributed by atoms with Crippen molar-refractivity contribution in [2.24, 2.45) is 0 Å². The van der Waals surface area contributed by atoms with E-state index < -0.39 is 11.9 Å². The Morgan fingerprint density at radius 1 is 1.04 bits per heavy atom. The van der Waals surface area contributed by atoms with Crippen LogP contribution in [0.2, 0.25) is 0 Å². The van der Waals surface area contributed by atoms with E-state index in [1.807, 2.05) is 19.0 Å². The summed E-state index contributed by atoms with van der Waals surface area (Å²) in [7, 11) is 3.76. The average Bonchev–Trinajstić information content (AvgIpc) is 2.61. The largest absolute Gasteiger partial charge is 0.433 e. The van der Waals surface area contributed by atoms with Crippen LogP contribution in [0.4, 0.5) is 25.1 Å². The highest BCUT2D eigenvalue weighted by atomic mass is 19.4. The van der Waals surface area contributed by atoms with Gasteiger partial charge in [-0.3, -0.25) is 4.90 Å². The quantitative estimate of drug-likeness (QED) is 0.803. The van der Waals surface area contributed by atoms with Crippen LogP contribution in [-0.2, 0) is 12.7 Å². The number of nitrogens with zero attached hydrogens (tertiary/aromatic N) is 7. The molecule has 1 saturated heterocycles. The van der Waals surface area contributed by atoms with Gasteiger partial charge in [0.05, 0.1) is 0 Å². The monoisotopic (exact) mass is 381 g/mol. The molecule has 0 saturated carbocycles. The molecular formula is C17H22F3N7. The summed E-state index contributed by atoms with van der Waals surface area (Å²) in [5, 5.41) is 0. The van der Waals surface area contributed by atoms with E-state index in [1.54, 1.807) is 24.2 Å². The van der Waals surface area contributed by atoms with Crippen molar-refractivity contribution >= 4 is 11.9 Å². The number of hydrogen-bond acceptors (Lipinski definition) is 7. The molecular weight excluding hydrogens is 359 g/mol. The highest BCUT2D eigenvalue weighted by molar-refractivity contribution is 5.34. The van der Waals surface area contributed by atoms with Crippen molar-refractivity contribution in [1.29, 1.82) is 0 Å². The van der Waals surface area contributed by atoms with Crippen molar-refractivity contribution in [2.45, 2.75) is 19.6 Å². The lowest BCUT2D eigenvalue weighted by atomic mass is 10.2. The Bertz CT molecular complexity index is 769. The van der Waals surface area contributed by atoms with Gasteiger partial charge in [0.1, 0.15) is 5.69 Å². The Morgan fingerprint density at radius 3 is 2.22 bits per heavy atom. The molecule has 10 heteroatoms. The number of aryl methyl sites for hydroxylation is 1. The first-order chi connectivity index (χ1) is 12.7. The first-order valence-electron chi connectivity index (χ1n) is 8.61. The van der Waals surface area contributed by atoms with E-state index in [1.165, 1.54) is 0 Å². The molecule has 3 heterocycles. The van der Waals surface area contributed by atoms with E-state index in [0.29, 0.717) is 44.4 Å². The summed E-state index contributed by atoms with van der Waals surface area (Å²) >= 11 is 0. The van der Waals surface area contributed by atoms with Gasteiger partial charge in [-0.25, -0.2) is 19.9 Å². The number of piperazine rings is 1. The van der Waals surface area contributed by atoms with Gasteiger partial charge in [0.2, 0.25) is 11.9 Å². The van der Waals surface area contributed by atoms with Crippen LogP contribution in [0.15, 0.2) is 18.5 Å².